The zero-order valence-corrected chi connectivity index (χ0v) is 12.8. The van der Waals surface area contributed by atoms with Gasteiger partial charge in [0.05, 0.1) is 14.2 Å². The summed E-state index contributed by atoms with van der Waals surface area (Å²) in [5.74, 6) is 0.710. The number of hydrogen-bond acceptors (Lipinski definition) is 5. The average Bonchev–Trinajstić information content (AvgIpc) is 2.47. The van der Waals surface area contributed by atoms with E-state index in [1.807, 2.05) is 6.92 Å². The Morgan fingerprint density at radius 3 is 2.05 bits per heavy atom. The molecule has 112 valence electrons. The molecule has 0 saturated carbocycles. The molecule has 0 unspecified atom stereocenters. The molecule has 0 saturated heterocycles. The minimum absolute atomic E-state index is 0.0809. The first-order chi connectivity index (χ1) is 9.97. The van der Waals surface area contributed by atoms with Gasteiger partial charge in [0, 0.05) is 0 Å². The lowest BCUT2D eigenvalue weighted by molar-refractivity contribution is 0.343. The third-order valence-corrected chi connectivity index (χ3v) is 4.12. The summed E-state index contributed by atoms with van der Waals surface area (Å²) in [5.41, 5.74) is 0.966. The molecule has 2 aromatic carbocycles. The predicted molar refractivity (Wildman–Crippen MR) is 78.5 cm³/mol. The Kier molecular flexibility index (Phi) is 4.37. The highest BCUT2D eigenvalue weighted by atomic mass is 32.2. The zero-order chi connectivity index (χ0) is 15.5. The molecule has 5 nitrogen and oxygen atoms in total. The molecule has 0 heterocycles. The molecule has 0 aliphatic carbocycles. The Morgan fingerprint density at radius 1 is 0.857 bits per heavy atom. The molecule has 6 heteroatoms. The van der Waals surface area contributed by atoms with E-state index in [1.165, 1.54) is 32.4 Å². The van der Waals surface area contributed by atoms with Gasteiger partial charge >= 0.3 is 10.1 Å². The minimum Gasteiger partial charge on any atom is -0.493 e. The lowest BCUT2D eigenvalue weighted by atomic mass is 10.2. The van der Waals surface area contributed by atoms with Crippen molar-refractivity contribution in [2.24, 2.45) is 0 Å². The van der Waals surface area contributed by atoms with Crippen LogP contribution in [0, 0.1) is 6.92 Å². The Labute approximate surface area is 124 Å². The van der Waals surface area contributed by atoms with Crippen LogP contribution in [-0.2, 0) is 10.1 Å². The van der Waals surface area contributed by atoms with Crippen molar-refractivity contribution in [3.63, 3.8) is 0 Å². The summed E-state index contributed by atoms with van der Waals surface area (Å²) < 4.78 is 40.0. The first-order valence-corrected chi connectivity index (χ1v) is 7.61. The van der Waals surface area contributed by atoms with Gasteiger partial charge in [0.25, 0.3) is 0 Å². The standard InChI is InChI=1S/C15H16O5S/c1-11-7-9-12(10-8-11)21(16,17)20-14-6-4-5-13(18-2)15(14)19-3/h4-10H,1-3H3. The summed E-state index contributed by atoms with van der Waals surface area (Å²) in [6, 6.07) is 11.2. The Balaban J connectivity index is 2.39. The number of methoxy groups -OCH3 is 2. The fourth-order valence-corrected chi connectivity index (χ4v) is 2.73. The van der Waals surface area contributed by atoms with E-state index in [0.29, 0.717) is 5.75 Å². The van der Waals surface area contributed by atoms with Gasteiger partial charge in [0.2, 0.25) is 5.75 Å². The van der Waals surface area contributed by atoms with Crippen LogP contribution in [0.3, 0.4) is 0 Å². The summed E-state index contributed by atoms with van der Waals surface area (Å²) in [5, 5.41) is 0. The molecule has 2 aromatic rings. The topological polar surface area (TPSA) is 61.8 Å². The van der Waals surface area contributed by atoms with Gasteiger partial charge in [-0.15, -0.1) is 0 Å². The second kappa shape index (κ2) is 6.05. The van der Waals surface area contributed by atoms with Crippen LogP contribution in [0.2, 0.25) is 0 Å². The van der Waals surface area contributed by atoms with Crippen LogP contribution >= 0.6 is 0 Å². The van der Waals surface area contributed by atoms with Crippen LogP contribution in [0.5, 0.6) is 17.2 Å². The number of aryl methyl sites for hydroxylation is 1. The van der Waals surface area contributed by atoms with Crippen molar-refractivity contribution in [2.75, 3.05) is 14.2 Å². The summed E-state index contributed by atoms with van der Waals surface area (Å²) >= 11 is 0. The average molecular weight is 308 g/mol. The summed E-state index contributed by atoms with van der Waals surface area (Å²) in [4.78, 5) is 0.0815. The molecule has 0 spiro atoms. The number of rotatable bonds is 5. The maximum absolute atomic E-state index is 12.3. The smallest absolute Gasteiger partial charge is 0.339 e. The van der Waals surface area contributed by atoms with Crippen molar-refractivity contribution in [1.29, 1.82) is 0 Å². The predicted octanol–water partition coefficient (Wildman–Crippen LogP) is 2.78. The van der Waals surface area contributed by atoms with E-state index in [-0.39, 0.29) is 16.4 Å². The van der Waals surface area contributed by atoms with Gasteiger partial charge in [-0.1, -0.05) is 23.8 Å². The molecule has 0 aromatic heterocycles. The first-order valence-electron chi connectivity index (χ1n) is 6.20. The van der Waals surface area contributed by atoms with E-state index >= 15 is 0 Å². The van der Waals surface area contributed by atoms with Crippen LogP contribution in [-0.4, -0.2) is 22.6 Å². The molecule has 0 radical (unpaired) electrons. The van der Waals surface area contributed by atoms with Gasteiger partial charge < -0.3 is 13.7 Å². The third-order valence-electron chi connectivity index (χ3n) is 2.88. The highest BCUT2D eigenvalue weighted by molar-refractivity contribution is 7.87. The summed E-state index contributed by atoms with van der Waals surface area (Å²) in [6.45, 7) is 1.88. The van der Waals surface area contributed by atoms with E-state index in [0.717, 1.165) is 5.56 Å². The first kappa shape index (κ1) is 15.2. The fraction of sp³-hybridized carbons (Fsp3) is 0.200. The quantitative estimate of drug-likeness (QED) is 0.795. The Hall–Kier alpha value is -2.21. The van der Waals surface area contributed by atoms with Crippen molar-refractivity contribution in [3.8, 4) is 17.2 Å². The normalized spacial score (nSPS) is 11.0. The second-order valence-corrected chi connectivity index (χ2v) is 5.89. The van der Waals surface area contributed by atoms with Crippen LogP contribution in [0.1, 0.15) is 5.56 Å². The van der Waals surface area contributed by atoms with Crippen LogP contribution < -0.4 is 13.7 Å². The molecule has 0 bridgehead atoms. The molecule has 2 rings (SSSR count). The highest BCUT2D eigenvalue weighted by Crippen LogP contribution is 2.38. The summed E-state index contributed by atoms with van der Waals surface area (Å²) in [6.07, 6.45) is 0. The zero-order valence-electron chi connectivity index (χ0n) is 12.0. The Bertz CT molecular complexity index is 720. The maximum Gasteiger partial charge on any atom is 0.339 e. The van der Waals surface area contributed by atoms with Crippen molar-refractivity contribution in [2.45, 2.75) is 11.8 Å². The molecule has 0 fully saturated rings. The van der Waals surface area contributed by atoms with Gasteiger partial charge in [0.15, 0.2) is 11.5 Å². The van der Waals surface area contributed by atoms with Crippen LogP contribution in [0.15, 0.2) is 47.4 Å². The largest absolute Gasteiger partial charge is 0.493 e. The lowest BCUT2D eigenvalue weighted by Crippen LogP contribution is -2.10. The van der Waals surface area contributed by atoms with E-state index in [9.17, 15) is 8.42 Å². The van der Waals surface area contributed by atoms with E-state index in [2.05, 4.69) is 0 Å². The molecular formula is C15H16O5S. The molecule has 0 amide bonds. The van der Waals surface area contributed by atoms with Crippen molar-refractivity contribution >= 4 is 10.1 Å². The molecule has 0 aliphatic rings. The number of ether oxygens (including phenoxy) is 2. The van der Waals surface area contributed by atoms with Crippen molar-refractivity contribution in [1.82, 2.24) is 0 Å². The van der Waals surface area contributed by atoms with Gasteiger partial charge in [0.1, 0.15) is 4.90 Å². The van der Waals surface area contributed by atoms with Gasteiger partial charge in [-0.2, -0.15) is 8.42 Å². The van der Waals surface area contributed by atoms with Crippen LogP contribution in [0.25, 0.3) is 0 Å². The van der Waals surface area contributed by atoms with Crippen molar-refractivity contribution < 1.29 is 22.1 Å². The van der Waals surface area contributed by atoms with Gasteiger partial charge in [-0.3, -0.25) is 0 Å². The SMILES string of the molecule is COc1cccc(OS(=O)(=O)c2ccc(C)cc2)c1OC. The fourth-order valence-electron chi connectivity index (χ4n) is 1.79. The third kappa shape index (κ3) is 3.28. The van der Waals surface area contributed by atoms with Gasteiger partial charge in [-0.05, 0) is 31.2 Å². The van der Waals surface area contributed by atoms with E-state index in [4.69, 9.17) is 13.7 Å². The Morgan fingerprint density at radius 2 is 1.48 bits per heavy atom. The van der Waals surface area contributed by atoms with E-state index in [1.54, 1.807) is 24.3 Å². The maximum atomic E-state index is 12.3. The van der Waals surface area contributed by atoms with Crippen LogP contribution in [0.4, 0.5) is 0 Å². The monoisotopic (exact) mass is 308 g/mol. The number of hydrogen-bond donors (Lipinski definition) is 0. The van der Waals surface area contributed by atoms with Crippen molar-refractivity contribution in [3.05, 3.63) is 48.0 Å². The minimum atomic E-state index is -3.92. The molecule has 0 N–H and O–H groups in total. The molecule has 0 atom stereocenters. The lowest BCUT2D eigenvalue weighted by Gasteiger charge is -2.13. The van der Waals surface area contributed by atoms with Gasteiger partial charge in [-0.25, -0.2) is 0 Å². The highest BCUT2D eigenvalue weighted by Gasteiger charge is 2.20. The summed E-state index contributed by atoms with van der Waals surface area (Å²) in [7, 11) is -1.04. The number of para-hydroxylation sites is 1. The second-order valence-electron chi connectivity index (χ2n) is 4.34. The number of benzene rings is 2. The molecule has 0 aliphatic heterocycles. The molecule has 21 heavy (non-hydrogen) atoms. The van der Waals surface area contributed by atoms with E-state index < -0.39 is 10.1 Å². The molecular weight excluding hydrogens is 292 g/mol.